The Morgan fingerprint density at radius 2 is 2.00 bits per heavy atom. The van der Waals surface area contributed by atoms with Gasteiger partial charge in [-0.05, 0) is 37.6 Å². The van der Waals surface area contributed by atoms with E-state index < -0.39 is 0 Å². The summed E-state index contributed by atoms with van der Waals surface area (Å²) >= 11 is 0. The molecule has 0 saturated carbocycles. The van der Waals surface area contributed by atoms with E-state index in [1.807, 2.05) is 55.4 Å². The van der Waals surface area contributed by atoms with Crippen molar-refractivity contribution in [2.75, 3.05) is 50.6 Å². The molecule has 8 nitrogen and oxygen atoms in total. The highest BCUT2D eigenvalue weighted by Gasteiger charge is 2.25. The molecule has 3 rings (SSSR count). The molecule has 0 spiro atoms. The molecule has 0 bridgehead atoms. The van der Waals surface area contributed by atoms with Crippen LogP contribution in [0, 0.1) is 0 Å². The fourth-order valence-corrected chi connectivity index (χ4v) is 3.30. The van der Waals surface area contributed by atoms with E-state index in [1.165, 1.54) is 4.90 Å². The van der Waals surface area contributed by atoms with Crippen LogP contribution in [0.15, 0.2) is 36.5 Å². The topological polar surface area (TPSA) is 73.8 Å². The van der Waals surface area contributed by atoms with Gasteiger partial charge in [-0.1, -0.05) is 12.1 Å². The van der Waals surface area contributed by atoms with E-state index in [2.05, 4.69) is 27.1 Å². The van der Waals surface area contributed by atoms with E-state index >= 15 is 0 Å². The van der Waals surface area contributed by atoms with Crippen molar-refractivity contribution in [3.05, 3.63) is 42.1 Å². The van der Waals surface area contributed by atoms with Gasteiger partial charge in [-0.3, -0.25) is 0 Å². The molecule has 0 radical (unpaired) electrons. The van der Waals surface area contributed by atoms with Gasteiger partial charge in [0.15, 0.2) is 0 Å². The molecule has 1 fully saturated rings. The van der Waals surface area contributed by atoms with E-state index in [0.717, 1.165) is 49.1 Å². The number of carbonyl (C=O) groups is 1. The second kappa shape index (κ2) is 9.65. The van der Waals surface area contributed by atoms with Crippen LogP contribution in [-0.2, 0) is 0 Å². The highest BCUT2D eigenvalue weighted by atomic mass is 16.5. The number of rotatable bonds is 7. The molecule has 1 aliphatic heterocycles. The Bertz CT molecular complexity index is 842. The molecule has 1 unspecified atom stereocenters. The zero-order chi connectivity index (χ0) is 21.7. The van der Waals surface area contributed by atoms with Crippen molar-refractivity contribution in [1.29, 1.82) is 0 Å². The number of urea groups is 1. The molecule has 1 aromatic carbocycles. The maximum atomic E-state index is 11.8. The first-order valence-electron chi connectivity index (χ1n) is 10.4. The molecule has 2 aromatic rings. The van der Waals surface area contributed by atoms with Crippen LogP contribution in [0.1, 0.15) is 31.9 Å². The summed E-state index contributed by atoms with van der Waals surface area (Å²) in [5, 5.41) is 2.95. The second-order valence-corrected chi connectivity index (χ2v) is 7.84. The number of anilines is 2. The van der Waals surface area contributed by atoms with Gasteiger partial charge in [0.1, 0.15) is 17.7 Å². The molecule has 1 N–H and O–H groups in total. The van der Waals surface area contributed by atoms with Crippen LogP contribution in [0.2, 0.25) is 0 Å². The maximum Gasteiger partial charge on any atom is 0.317 e. The third-order valence-electron chi connectivity index (χ3n) is 5.34. The number of hydrogen-bond donors (Lipinski definition) is 1. The zero-order valence-electron chi connectivity index (χ0n) is 18.5. The summed E-state index contributed by atoms with van der Waals surface area (Å²) in [4.78, 5) is 26.6. The third kappa shape index (κ3) is 5.31. The van der Waals surface area contributed by atoms with Gasteiger partial charge in [0, 0.05) is 46.9 Å². The third-order valence-corrected chi connectivity index (χ3v) is 5.34. The smallest absolute Gasteiger partial charge is 0.317 e. The van der Waals surface area contributed by atoms with Gasteiger partial charge in [-0.2, -0.15) is 4.98 Å². The average molecular weight is 413 g/mol. The number of hydrogen-bond acceptors (Lipinski definition) is 6. The van der Waals surface area contributed by atoms with E-state index in [-0.39, 0.29) is 18.2 Å². The van der Waals surface area contributed by atoms with Gasteiger partial charge < -0.3 is 24.8 Å². The lowest BCUT2D eigenvalue weighted by Crippen LogP contribution is -2.36. The number of benzene rings is 1. The largest absolute Gasteiger partial charge is 0.489 e. The van der Waals surface area contributed by atoms with Crippen molar-refractivity contribution >= 4 is 17.8 Å². The zero-order valence-corrected chi connectivity index (χ0v) is 18.5. The van der Waals surface area contributed by atoms with Crippen molar-refractivity contribution in [3.63, 3.8) is 0 Å². The monoisotopic (exact) mass is 412 g/mol. The molecule has 1 aromatic heterocycles. The van der Waals surface area contributed by atoms with Crippen molar-refractivity contribution < 1.29 is 9.53 Å². The predicted molar refractivity (Wildman–Crippen MR) is 119 cm³/mol. The van der Waals surface area contributed by atoms with Gasteiger partial charge in [-0.15, -0.1) is 0 Å². The quantitative estimate of drug-likeness (QED) is 0.754. The van der Waals surface area contributed by atoms with Crippen LogP contribution in [-0.4, -0.2) is 67.8 Å². The molecule has 162 valence electrons. The summed E-state index contributed by atoms with van der Waals surface area (Å²) in [6, 6.07) is 9.72. The van der Waals surface area contributed by atoms with Crippen molar-refractivity contribution in [3.8, 4) is 5.75 Å². The SMILES string of the molecule is CCN(C)c1nccc(N2CCC(Oc3ccc([C@H](C)NC(=O)N(C)C)cc3)C2)n1. The summed E-state index contributed by atoms with van der Waals surface area (Å²) in [6.45, 7) is 6.62. The maximum absolute atomic E-state index is 11.8. The minimum absolute atomic E-state index is 0.0656. The molecule has 2 amide bonds. The Labute approximate surface area is 178 Å². The van der Waals surface area contributed by atoms with Crippen LogP contribution in [0.4, 0.5) is 16.6 Å². The van der Waals surface area contributed by atoms with Gasteiger partial charge in [0.2, 0.25) is 5.95 Å². The van der Waals surface area contributed by atoms with Gasteiger partial charge in [0.05, 0.1) is 12.6 Å². The van der Waals surface area contributed by atoms with E-state index in [4.69, 9.17) is 4.74 Å². The van der Waals surface area contributed by atoms with E-state index in [9.17, 15) is 4.79 Å². The van der Waals surface area contributed by atoms with Gasteiger partial charge >= 0.3 is 6.03 Å². The molecule has 0 aliphatic carbocycles. The van der Waals surface area contributed by atoms with Crippen molar-refractivity contribution in [2.24, 2.45) is 0 Å². The fourth-order valence-electron chi connectivity index (χ4n) is 3.30. The van der Waals surface area contributed by atoms with E-state index in [1.54, 1.807) is 14.1 Å². The Hall–Kier alpha value is -3.03. The molecular weight excluding hydrogens is 380 g/mol. The normalized spacial score (nSPS) is 16.8. The molecule has 2 heterocycles. The summed E-state index contributed by atoms with van der Waals surface area (Å²) < 4.78 is 6.19. The Balaban J connectivity index is 1.56. The van der Waals surface area contributed by atoms with Gasteiger partial charge in [-0.25, -0.2) is 9.78 Å². The number of carbonyl (C=O) groups excluding carboxylic acids is 1. The number of ether oxygens (including phenoxy) is 1. The highest BCUT2D eigenvalue weighted by molar-refractivity contribution is 5.74. The minimum Gasteiger partial charge on any atom is -0.489 e. The first-order chi connectivity index (χ1) is 14.4. The molecule has 2 atom stereocenters. The average Bonchev–Trinajstić information content (AvgIpc) is 3.22. The standard InChI is InChI=1S/C22H32N6O2/c1-6-27(5)21-23-13-11-20(25-21)28-14-12-19(15-28)30-18-9-7-17(8-10-18)16(2)24-22(29)26(3)4/h7-11,13,16,19H,6,12,14-15H2,1-5H3,(H,24,29)/t16-,19?/m0/s1. The summed E-state index contributed by atoms with van der Waals surface area (Å²) in [5.74, 6) is 2.52. The van der Waals surface area contributed by atoms with Crippen LogP contribution in [0.25, 0.3) is 0 Å². The van der Waals surface area contributed by atoms with Crippen LogP contribution in [0.5, 0.6) is 5.75 Å². The molecule has 1 saturated heterocycles. The van der Waals surface area contributed by atoms with E-state index in [0.29, 0.717) is 0 Å². The summed E-state index contributed by atoms with van der Waals surface area (Å²) in [7, 11) is 5.45. The predicted octanol–water partition coefficient (Wildman–Crippen LogP) is 2.92. The van der Waals surface area contributed by atoms with Crippen molar-refractivity contribution in [1.82, 2.24) is 20.2 Å². The Kier molecular flexibility index (Phi) is 6.97. The van der Waals surface area contributed by atoms with Crippen LogP contribution < -0.4 is 19.9 Å². The number of nitrogens with zero attached hydrogens (tertiary/aromatic N) is 5. The first-order valence-corrected chi connectivity index (χ1v) is 10.4. The summed E-state index contributed by atoms with van der Waals surface area (Å²) in [6.07, 6.45) is 2.87. The number of aromatic nitrogens is 2. The second-order valence-electron chi connectivity index (χ2n) is 7.84. The number of amides is 2. The Morgan fingerprint density at radius 3 is 2.67 bits per heavy atom. The Morgan fingerprint density at radius 1 is 1.27 bits per heavy atom. The summed E-state index contributed by atoms with van der Waals surface area (Å²) in [5.41, 5.74) is 1.04. The molecule has 1 aliphatic rings. The molecular formula is C22H32N6O2. The first kappa shape index (κ1) is 21.7. The number of nitrogens with one attached hydrogen (secondary N) is 1. The lowest BCUT2D eigenvalue weighted by Gasteiger charge is -2.21. The lowest BCUT2D eigenvalue weighted by molar-refractivity contribution is 0.214. The minimum atomic E-state index is -0.105. The van der Waals surface area contributed by atoms with Crippen LogP contribution in [0.3, 0.4) is 0 Å². The van der Waals surface area contributed by atoms with Gasteiger partial charge in [0.25, 0.3) is 0 Å². The fraction of sp³-hybridized carbons (Fsp3) is 0.500. The van der Waals surface area contributed by atoms with Crippen LogP contribution >= 0.6 is 0 Å². The van der Waals surface area contributed by atoms with Crippen molar-refractivity contribution in [2.45, 2.75) is 32.4 Å². The molecule has 8 heteroatoms. The highest BCUT2D eigenvalue weighted by Crippen LogP contribution is 2.24. The molecule has 30 heavy (non-hydrogen) atoms. The lowest BCUT2D eigenvalue weighted by atomic mass is 10.1.